The third-order valence-corrected chi connectivity index (χ3v) is 2.70. The van der Waals surface area contributed by atoms with Gasteiger partial charge in [0.15, 0.2) is 0 Å². The molecule has 1 aromatic heterocycles. The van der Waals surface area contributed by atoms with Crippen molar-refractivity contribution in [1.29, 1.82) is 0 Å². The van der Waals surface area contributed by atoms with Gasteiger partial charge in [0, 0.05) is 6.20 Å². The largest absolute Gasteiger partial charge is 0.257 e. The van der Waals surface area contributed by atoms with Crippen LogP contribution in [0.5, 0.6) is 0 Å². The molecule has 1 heteroatoms. The van der Waals surface area contributed by atoms with Gasteiger partial charge in [-0.15, -0.1) is 0 Å². The van der Waals surface area contributed by atoms with Crippen molar-refractivity contribution in [3.8, 4) is 0 Å². The van der Waals surface area contributed by atoms with Gasteiger partial charge in [-0.3, -0.25) is 4.98 Å². The minimum Gasteiger partial charge on any atom is -0.257 e. The first-order chi connectivity index (χ1) is 6.38. The lowest BCUT2D eigenvalue weighted by molar-refractivity contribution is 0.599. The van der Waals surface area contributed by atoms with Crippen LogP contribution in [0.3, 0.4) is 0 Å². The number of hydrogen-bond donors (Lipinski definition) is 0. The summed E-state index contributed by atoms with van der Waals surface area (Å²) < 4.78 is 0. The summed E-state index contributed by atoms with van der Waals surface area (Å²) in [5.41, 5.74) is 2.60. The maximum Gasteiger partial charge on any atom is 0.0661 e. The third-order valence-electron chi connectivity index (χ3n) is 2.70. The van der Waals surface area contributed by atoms with E-state index >= 15 is 0 Å². The maximum atomic E-state index is 4.38. The molecule has 0 amide bonds. The number of rotatable bonds is 1. The normalized spacial score (nSPS) is 22.5. The first-order valence-corrected chi connectivity index (χ1v) is 4.99. The second-order valence-electron chi connectivity index (χ2n) is 3.71. The Hall–Kier alpha value is -1.11. The van der Waals surface area contributed by atoms with Gasteiger partial charge in [0.2, 0.25) is 0 Å². The summed E-state index contributed by atoms with van der Waals surface area (Å²) in [6, 6.07) is 6.13. The number of pyridine rings is 1. The van der Waals surface area contributed by atoms with Gasteiger partial charge in [-0.25, -0.2) is 0 Å². The molecule has 0 fully saturated rings. The summed E-state index contributed by atoms with van der Waals surface area (Å²) in [6.45, 7) is 2.29. The van der Waals surface area contributed by atoms with Gasteiger partial charge in [0.25, 0.3) is 0 Å². The van der Waals surface area contributed by atoms with Gasteiger partial charge in [-0.05, 0) is 42.9 Å². The van der Waals surface area contributed by atoms with Crippen LogP contribution in [0.25, 0.3) is 5.57 Å². The van der Waals surface area contributed by atoms with E-state index < -0.39 is 0 Å². The zero-order valence-corrected chi connectivity index (χ0v) is 8.03. The number of hydrogen-bond acceptors (Lipinski definition) is 1. The highest BCUT2D eigenvalue weighted by molar-refractivity contribution is 5.64. The maximum absolute atomic E-state index is 4.38. The molecule has 0 spiro atoms. The first-order valence-electron chi connectivity index (χ1n) is 4.99. The zero-order chi connectivity index (χ0) is 9.10. The van der Waals surface area contributed by atoms with Crippen LogP contribution in [0.2, 0.25) is 0 Å². The van der Waals surface area contributed by atoms with Gasteiger partial charge >= 0.3 is 0 Å². The number of nitrogens with zero attached hydrogens (tertiary/aromatic N) is 1. The molecule has 0 aromatic carbocycles. The van der Waals surface area contributed by atoms with Crippen LogP contribution in [0.4, 0.5) is 0 Å². The van der Waals surface area contributed by atoms with Crippen LogP contribution >= 0.6 is 0 Å². The lowest BCUT2D eigenvalue weighted by Crippen LogP contribution is -2.04. The van der Waals surface area contributed by atoms with Crippen molar-refractivity contribution in [2.24, 2.45) is 5.92 Å². The minimum atomic E-state index is 0.684. The molecule has 2 rings (SSSR count). The van der Waals surface area contributed by atoms with E-state index in [4.69, 9.17) is 0 Å². The lowest BCUT2D eigenvalue weighted by Gasteiger charge is -2.19. The Morgan fingerprint density at radius 3 is 3.00 bits per heavy atom. The average Bonchev–Trinajstić information content (AvgIpc) is 2.20. The SMILES string of the molecule is CC1CCCC=C1c1ccccn1. The molecule has 1 unspecified atom stereocenters. The predicted octanol–water partition coefficient (Wildman–Crippen LogP) is 3.29. The summed E-state index contributed by atoms with van der Waals surface area (Å²) in [5, 5.41) is 0. The van der Waals surface area contributed by atoms with Crippen molar-refractivity contribution in [2.45, 2.75) is 26.2 Å². The van der Waals surface area contributed by atoms with Crippen LogP contribution in [0.15, 0.2) is 30.5 Å². The number of allylic oxidation sites excluding steroid dienone is 2. The van der Waals surface area contributed by atoms with Crippen LogP contribution in [-0.4, -0.2) is 4.98 Å². The van der Waals surface area contributed by atoms with Crippen molar-refractivity contribution in [3.63, 3.8) is 0 Å². The van der Waals surface area contributed by atoms with E-state index in [1.807, 2.05) is 12.3 Å². The fourth-order valence-electron chi connectivity index (χ4n) is 1.93. The lowest BCUT2D eigenvalue weighted by atomic mass is 9.87. The van der Waals surface area contributed by atoms with E-state index in [2.05, 4.69) is 30.1 Å². The highest BCUT2D eigenvalue weighted by Gasteiger charge is 2.14. The van der Waals surface area contributed by atoms with Crippen LogP contribution in [0.1, 0.15) is 31.9 Å². The van der Waals surface area contributed by atoms with Crippen molar-refractivity contribution < 1.29 is 0 Å². The second kappa shape index (κ2) is 3.73. The fraction of sp³-hybridized carbons (Fsp3) is 0.417. The smallest absolute Gasteiger partial charge is 0.0661 e. The molecular formula is C12H15N. The van der Waals surface area contributed by atoms with E-state index in [9.17, 15) is 0 Å². The van der Waals surface area contributed by atoms with E-state index in [0.29, 0.717) is 5.92 Å². The van der Waals surface area contributed by atoms with Crippen LogP contribution < -0.4 is 0 Å². The van der Waals surface area contributed by atoms with Crippen molar-refractivity contribution in [2.75, 3.05) is 0 Å². The van der Waals surface area contributed by atoms with E-state index in [1.54, 1.807) is 0 Å². The molecular weight excluding hydrogens is 158 g/mol. The molecule has 1 aliphatic rings. The number of aromatic nitrogens is 1. The summed E-state index contributed by atoms with van der Waals surface area (Å²) >= 11 is 0. The summed E-state index contributed by atoms with van der Waals surface area (Å²) in [7, 11) is 0. The van der Waals surface area contributed by atoms with Crippen LogP contribution in [-0.2, 0) is 0 Å². The molecule has 0 saturated heterocycles. The van der Waals surface area contributed by atoms with Gasteiger partial charge in [0.1, 0.15) is 0 Å². The predicted molar refractivity (Wildman–Crippen MR) is 55.2 cm³/mol. The van der Waals surface area contributed by atoms with Gasteiger partial charge in [-0.1, -0.05) is 19.1 Å². The van der Waals surface area contributed by atoms with E-state index in [1.165, 1.54) is 24.8 Å². The van der Waals surface area contributed by atoms with Gasteiger partial charge in [-0.2, -0.15) is 0 Å². The summed E-state index contributed by atoms with van der Waals surface area (Å²) in [5.74, 6) is 0.684. The molecule has 1 atom stereocenters. The Morgan fingerprint density at radius 1 is 1.38 bits per heavy atom. The van der Waals surface area contributed by atoms with Crippen molar-refractivity contribution in [1.82, 2.24) is 4.98 Å². The molecule has 0 radical (unpaired) electrons. The standard InChI is InChI=1S/C12H15N/c1-10-6-2-3-7-11(10)12-8-4-5-9-13-12/h4-5,7-10H,2-3,6H2,1H3. The Balaban J connectivity index is 2.30. The Morgan fingerprint density at radius 2 is 2.31 bits per heavy atom. The van der Waals surface area contributed by atoms with Gasteiger partial charge in [0.05, 0.1) is 5.69 Å². The van der Waals surface area contributed by atoms with Crippen molar-refractivity contribution >= 4 is 5.57 Å². The monoisotopic (exact) mass is 173 g/mol. The quantitative estimate of drug-likeness (QED) is 0.635. The molecule has 0 bridgehead atoms. The van der Waals surface area contributed by atoms with E-state index in [0.717, 1.165) is 5.69 Å². The third kappa shape index (κ3) is 1.80. The Kier molecular flexibility index (Phi) is 2.44. The average molecular weight is 173 g/mol. The molecule has 0 N–H and O–H groups in total. The summed E-state index contributed by atoms with van der Waals surface area (Å²) in [4.78, 5) is 4.38. The molecule has 1 aliphatic carbocycles. The second-order valence-corrected chi connectivity index (χ2v) is 3.71. The molecule has 1 nitrogen and oxygen atoms in total. The minimum absolute atomic E-state index is 0.684. The highest BCUT2D eigenvalue weighted by Crippen LogP contribution is 2.30. The molecule has 1 aromatic rings. The Bertz CT molecular complexity index is 300. The highest BCUT2D eigenvalue weighted by atomic mass is 14.7. The van der Waals surface area contributed by atoms with Gasteiger partial charge < -0.3 is 0 Å². The van der Waals surface area contributed by atoms with E-state index in [-0.39, 0.29) is 0 Å². The Labute approximate surface area is 79.5 Å². The molecule has 1 heterocycles. The molecule has 68 valence electrons. The fourth-order valence-corrected chi connectivity index (χ4v) is 1.93. The van der Waals surface area contributed by atoms with Crippen LogP contribution in [0, 0.1) is 5.92 Å². The van der Waals surface area contributed by atoms with Crippen molar-refractivity contribution in [3.05, 3.63) is 36.2 Å². The zero-order valence-electron chi connectivity index (χ0n) is 8.03. The molecule has 0 saturated carbocycles. The first kappa shape index (κ1) is 8.49. The molecule has 0 aliphatic heterocycles. The topological polar surface area (TPSA) is 12.9 Å². The molecule has 13 heavy (non-hydrogen) atoms. The summed E-state index contributed by atoms with van der Waals surface area (Å²) in [6.07, 6.45) is 8.07.